The molecule has 0 aromatic heterocycles. The molecule has 7 heteroatoms. The fourth-order valence-electron chi connectivity index (χ4n) is 3.42. The zero-order chi connectivity index (χ0) is 17.2. The summed E-state index contributed by atoms with van der Waals surface area (Å²) in [5, 5.41) is 0. The molecule has 0 amide bonds. The molecule has 0 atom stereocenters. The van der Waals surface area contributed by atoms with Gasteiger partial charge in [0.15, 0.2) is 0 Å². The molecule has 126 valence electrons. The lowest BCUT2D eigenvalue weighted by atomic mass is 9.99. The molecule has 1 spiro atoms. The molecule has 2 aromatic rings. The first-order valence-electron chi connectivity index (χ1n) is 7.54. The van der Waals surface area contributed by atoms with Crippen molar-refractivity contribution in [1.29, 1.82) is 0 Å². The number of alkyl halides is 3. The number of hydrogen-bond acceptors (Lipinski definition) is 2. The minimum absolute atomic E-state index is 0.209. The number of nitrogens with zero attached hydrogens (tertiary/aromatic N) is 1. The predicted octanol–water partition coefficient (Wildman–Crippen LogP) is 3.95. The van der Waals surface area contributed by atoms with Crippen molar-refractivity contribution >= 4 is 15.7 Å². The van der Waals surface area contributed by atoms with Crippen molar-refractivity contribution in [3.8, 4) is 0 Å². The lowest BCUT2D eigenvalue weighted by Gasteiger charge is -2.22. The Balaban J connectivity index is 1.87. The highest BCUT2D eigenvalue weighted by Gasteiger charge is 2.54. The zero-order valence-electron chi connectivity index (χ0n) is 12.5. The minimum Gasteiger partial charge on any atom is -0.265 e. The molecule has 1 saturated carbocycles. The average molecular weight is 353 g/mol. The second kappa shape index (κ2) is 4.75. The summed E-state index contributed by atoms with van der Waals surface area (Å²) in [5.41, 5.74) is 0.0564. The largest absolute Gasteiger partial charge is 0.417 e. The molecule has 0 unspecified atom stereocenters. The molecular formula is C17H14F3NO2S. The Morgan fingerprint density at radius 2 is 1.58 bits per heavy atom. The van der Waals surface area contributed by atoms with Gasteiger partial charge in [0, 0.05) is 12.0 Å². The van der Waals surface area contributed by atoms with E-state index in [4.69, 9.17) is 0 Å². The number of halogens is 3. The van der Waals surface area contributed by atoms with Gasteiger partial charge in [-0.15, -0.1) is 0 Å². The van der Waals surface area contributed by atoms with Gasteiger partial charge in [0.2, 0.25) is 0 Å². The van der Waals surface area contributed by atoms with Crippen LogP contribution in [0.25, 0.3) is 0 Å². The summed E-state index contributed by atoms with van der Waals surface area (Å²) in [6.45, 7) is 0.209. The van der Waals surface area contributed by atoms with Crippen LogP contribution in [0.2, 0.25) is 0 Å². The lowest BCUT2D eigenvalue weighted by Crippen LogP contribution is -2.33. The van der Waals surface area contributed by atoms with Crippen LogP contribution in [0.1, 0.15) is 24.0 Å². The molecule has 0 bridgehead atoms. The van der Waals surface area contributed by atoms with Crippen LogP contribution in [0, 0.1) is 0 Å². The van der Waals surface area contributed by atoms with Crippen molar-refractivity contribution in [1.82, 2.24) is 0 Å². The van der Waals surface area contributed by atoms with Crippen molar-refractivity contribution in [2.45, 2.75) is 29.3 Å². The van der Waals surface area contributed by atoms with Crippen molar-refractivity contribution in [2.75, 3.05) is 10.8 Å². The second-order valence-corrected chi connectivity index (χ2v) is 8.13. The molecule has 4 rings (SSSR count). The van der Waals surface area contributed by atoms with Crippen molar-refractivity contribution < 1.29 is 21.6 Å². The van der Waals surface area contributed by atoms with Crippen LogP contribution in [0.3, 0.4) is 0 Å². The molecule has 0 N–H and O–H groups in total. The van der Waals surface area contributed by atoms with Crippen LogP contribution in [-0.2, 0) is 21.6 Å². The van der Waals surface area contributed by atoms with Crippen LogP contribution < -0.4 is 4.31 Å². The van der Waals surface area contributed by atoms with Gasteiger partial charge in [-0.3, -0.25) is 4.31 Å². The van der Waals surface area contributed by atoms with Gasteiger partial charge >= 0.3 is 6.18 Å². The molecule has 0 saturated heterocycles. The first kappa shape index (κ1) is 15.5. The SMILES string of the molecule is O=S(=O)(c1ccccc1C(F)(F)F)N1CC2(CC2)c2ccccc21. The van der Waals surface area contributed by atoms with Gasteiger partial charge in [0.1, 0.15) is 0 Å². The third-order valence-corrected chi connectivity index (χ3v) is 6.62. The summed E-state index contributed by atoms with van der Waals surface area (Å²) in [6.07, 6.45) is -3.01. The Bertz CT molecular complexity index is 917. The highest BCUT2D eigenvalue weighted by atomic mass is 32.2. The highest BCUT2D eigenvalue weighted by molar-refractivity contribution is 7.93. The number of rotatable bonds is 2. The lowest BCUT2D eigenvalue weighted by molar-refractivity contribution is -0.139. The van der Waals surface area contributed by atoms with E-state index in [0.29, 0.717) is 5.69 Å². The summed E-state index contributed by atoms with van der Waals surface area (Å²) in [7, 11) is -4.28. The monoisotopic (exact) mass is 353 g/mol. The number of anilines is 1. The van der Waals surface area contributed by atoms with Gasteiger partial charge < -0.3 is 0 Å². The highest BCUT2D eigenvalue weighted by Crippen LogP contribution is 2.57. The number of sulfonamides is 1. The van der Waals surface area contributed by atoms with E-state index in [9.17, 15) is 21.6 Å². The predicted molar refractivity (Wildman–Crippen MR) is 83.3 cm³/mol. The van der Waals surface area contributed by atoms with E-state index < -0.39 is 26.7 Å². The molecule has 2 aromatic carbocycles. The quantitative estimate of drug-likeness (QED) is 0.820. The maximum atomic E-state index is 13.2. The van der Waals surface area contributed by atoms with E-state index in [-0.39, 0.29) is 12.0 Å². The smallest absolute Gasteiger partial charge is 0.265 e. The standard InChI is InChI=1S/C17H14F3NO2S/c18-17(19,20)13-6-2-4-8-15(13)24(22,23)21-11-16(9-10-16)12-5-1-3-7-14(12)21/h1-8H,9-11H2. The van der Waals surface area contributed by atoms with Gasteiger partial charge in [-0.25, -0.2) is 8.42 Å². The first-order valence-corrected chi connectivity index (χ1v) is 8.98. The molecular weight excluding hydrogens is 339 g/mol. The topological polar surface area (TPSA) is 37.4 Å². The van der Waals surface area contributed by atoms with E-state index >= 15 is 0 Å². The molecule has 3 nitrogen and oxygen atoms in total. The number of para-hydroxylation sites is 1. The Hall–Kier alpha value is -2.02. The molecule has 1 heterocycles. The normalized spacial score (nSPS) is 18.7. The maximum Gasteiger partial charge on any atom is 0.417 e. The van der Waals surface area contributed by atoms with Gasteiger partial charge in [-0.05, 0) is 36.6 Å². The van der Waals surface area contributed by atoms with Gasteiger partial charge in [0.05, 0.1) is 16.1 Å². The van der Waals surface area contributed by atoms with E-state index in [1.165, 1.54) is 12.1 Å². The van der Waals surface area contributed by atoms with Crippen LogP contribution in [0.5, 0.6) is 0 Å². The average Bonchev–Trinajstić information content (AvgIpc) is 3.24. The van der Waals surface area contributed by atoms with Gasteiger partial charge in [-0.2, -0.15) is 13.2 Å². The zero-order valence-corrected chi connectivity index (χ0v) is 13.4. The third kappa shape index (κ3) is 2.14. The van der Waals surface area contributed by atoms with Gasteiger partial charge in [-0.1, -0.05) is 30.3 Å². The Morgan fingerprint density at radius 3 is 2.25 bits per heavy atom. The fourth-order valence-corrected chi connectivity index (χ4v) is 5.21. The molecule has 1 aliphatic heterocycles. The first-order chi connectivity index (χ1) is 11.3. The maximum absolute atomic E-state index is 13.2. The molecule has 24 heavy (non-hydrogen) atoms. The second-order valence-electron chi connectivity index (χ2n) is 6.30. The molecule has 1 fully saturated rings. The number of hydrogen-bond donors (Lipinski definition) is 0. The summed E-state index contributed by atoms with van der Waals surface area (Å²) in [4.78, 5) is -0.690. The van der Waals surface area contributed by atoms with Crippen LogP contribution in [0.4, 0.5) is 18.9 Å². The van der Waals surface area contributed by atoms with E-state index in [0.717, 1.165) is 34.8 Å². The van der Waals surface area contributed by atoms with E-state index in [1.807, 2.05) is 12.1 Å². The van der Waals surface area contributed by atoms with Crippen LogP contribution >= 0.6 is 0 Å². The minimum atomic E-state index is -4.72. The van der Waals surface area contributed by atoms with Crippen molar-refractivity contribution in [3.05, 3.63) is 59.7 Å². The van der Waals surface area contributed by atoms with E-state index in [2.05, 4.69) is 0 Å². The van der Waals surface area contributed by atoms with E-state index in [1.54, 1.807) is 12.1 Å². The Labute approximate surface area is 137 Å². The summed E-state index contributed by atoms with van der Waals surface area (Å²) < 4.78 is 66.9. The summed E-state index contributed by atoms with van der Waals surface area (Å²) in [5.74, 6) is 0. The Kier molecular flexibility index (Phi) is 3.07. The molecule has 1 aliphatic carbocycles. The van der Waals surface area contributed by atoms with Crippen molar-refractivity contribution in [3.63, 3.8) is 0 Å². The summed E-state index contributed by atoms with van der Waals surface area (Å²) in [6, 6.07) is 11.4. The number of fused-ring (bicyclic) bond motifs is 2. The van der Waals surface area contributed by atoms with Crippen LogP contribution in [0.15, 0.2) is 53.4 Å². The van der Waals surface area contributed by atoms with Crippen molar-refractivity contribution in [2.24, 2.45) is 0 Å². The fraction of sp³-hybridized carbons (Fsp3) is 0.294. The third-order valence-electron chi connectivity index (χ3n) is 4.80. The molecule has 2 aliphatic rings. The summed E-state index contributed by atoms with van der Waals surface area (Å²) >= 11 is 0. The number of benzene rings is 2. The molecule has 0 radical (unpaired) electrons. The van der Waals surface area contributed by atoms with Gasteiger partial charge in [0.25, 0.3) is 10.0 Å². The van der Waals surface area contributed by atoms with Crippen LogP contribution in [-0.4, -0.2) is 15.0 Å². The Morgan fingerprint density at radius 1 is 0.958 bits per heavy atom.